The molecule has 4 aromatic rings. The number of benzene rings is 2. The molecular weight excluding hydrogens is 584 g/mol. The first-order chi connectivity index (χ1) is 21.7. The number of para-hydroxylation sites is 1. The number of aryl methyl sites for hydroxylation is 1. The molecule has 0 radical (unpaired) electrons. The van der Waals surface area contributed by atoms with Gasteiger partial charge in [-0.3, -0.25) is 19.7 Å². The number of esters is 1. The van der Waals surface area contributed by atoms with Crippen molar-refractivity contribution in [3.63, 3.8) is 0 Å². The van der Waals surface area contributed by atoms with E-state index in [1.54, 1.807) is 22.7 Å². The maximum atomic E-state index is 14.4. The lowest BCUT2D eigenvalue weighted by Crippen LogP contribution is -2.44. The zero-order valence-electron chi connectivity index (χ0n) is 25.7. The van der Waals surface area contributed by atoms with Crippen molar-refractivity contribution in [1.29, 1.82) is 0 Å². The summed E-state index contributed by atoms with van der Waals surface area (Å²) in [6, 6.07) is 12.1. The zero-order chi connectivity index (χ0) is 32.1. The lowest BCUT2D eigenvalue weighted by atomic mass is 9.94. The number of ether oxygens (including phenoxy) is 2. The molecule has 0 bridgehead atoms. The third kappa shape index (κ3) is 7.21. The van der Waals surface area contributed by atoms with Crippen LogP contribution in [0.1, 0.15) is 29.9 Å². The van der Waals surface area contributed by atoms with Gasteiger partial charge in [-0.2, -0.15) is 10.2 Å². The van der Waals surface area contributed by atoms with E-state index in [-0.39, 0.29) is 24.3 Å². The Hall–Kier alpha value is -4.62. The minimum Gasteiger partial charge on any atom is -0.469 e. The number of methoxy groups -OCH3 is 2. The summed E-state index contributed by atoms with van der Waals surface area (Å²) in [4.78, 5) is 27.7. The molecule has 238 valence electrons. The van der Waals surface area contributed by atoms with Crippen molar-refractivity contribution in [2.24, 2.45) is 7.05 Å². The molecule has 0 aliphatic carbocycles. The number of urea groups is 1. The molecule has 2 N–H and O–H groups in total. The summed E-state index contributed by atoms with van der Waals surface area (Å²) in [6.45, 7) is 3.04. The highest BCUT2D eigenvalue weighted by molar-refractivity contribution is 5.91. The van der Waals surface area contributed by atoms with Gasteiger partial charge in [0.15, 0.2) is 11.6 Å². The van der Waals surface area contributed by atoms with Gasteiger partial charge in [0.2, 0.25) is 0 Å². The van der Waals surface area contributed by atoms with Crippen molar-refractivity contribution >= 4 is 17.8 Å². The van der Waals surface area contributed by atoms with Crippen LogP contribution in [0.2, 0.25) is 0 Å². The van der Waals surface area contributed by atoms with Crippen molar-refractivity contribution in [1.82, 2.24) is 29.8 Å². The molecule has 1 saturated heterocycles. The third-order valence-corrected chi connectivity index (χ3v) is 8.15. The first-order valence-electron chi connectivity index (χ1n) is 14.6. The van der Waals surface area contributed by atoms with Gasteiger partial charge in [-0.1, -0.05) is 24.3 Å². The van der Waals surface area contributed by atoms with Gasteiger partial charge in [-0.25, -0.2) is 18.3 Å². The van der Waals surface area contributed by atoms with Crippen LogP contribution in [0.5, 0.6) is 0 Å². The highest BCUT2D eigenvalue weighted by atomic mass is 19.2. The topological polar surface area (TPSA) is 116 Å². The quantitative estimate of drug-likeness (QED) is 0.238. The Bertz CT molecular complexity index is 1640. The van der Waals surface area contributed by atoms with E-state index in [4.69, 9.17) is 14.6 Å². The largest absolute Gasteiger partial charge is 0.469 e. The fourth-order valence-electron chi connectivity index (χ4n) is 5.84. The number of anilines is 1. The van der Waals surface area contributed by atoms with Crippen LogP contribution in [0.25, 0.3) is 16.9 Å². The van der Waals surface area contributed by atoms with Crippen LogP contribution in [0.4, 0.5) is 19.4 Å². The molecule has 2 aromatic carbocycles. The second-order valence-corrected chi connectivity index (χ2v) is 11.1. The summed E-state index contributed by atoms with van der Waals surface area (Å²) in [5.41, 5.74) is 3.52. The smallest absolute Gasteiger partial charge is 0.320 e. The standard InChI is InChI=1S/C32H37F2N7O4/c1-20-30(22-15-35-39(2)16-22)38-41(23-8-6-5-7-9-23)31(20)37-32(43)36-28-18-40(24(19-44-3)11-13-29(42)45-4)17-25(28)21-10-12-26(33)27(34)14-21/h5-10,12,14-16,24-25,28H,11,13,17-19H2,1-4H3,(H2,36,37,43)/t24?,25-,28+/m0/s1. The van der Waals surface area contributed by atoms with Gasteiger partial charge in [-0.15, -0.1) is 0 Å². The van der Waals surface area contributed by atoms with E-state index >= 15 is 0 Å². The van der Waals surface area contributed by atoms with E-state index in [9.17, 15) is 18.4 Å². The Balaban J connectivity index is 1.42. The van der Waals surface area contributed by atoms with Crippen LogP contribution in [0, 0.1) is 18.6 Å². The fraction of sp³-hybridized carbons (Fsp3) is 0.375. The van der Waals surface area contributed by atoms with Gasteiger partial charge in [-0.05, 0) is 43.2 Å². The van der Waals surface area contributed by atoms with Crippen LogP contribution in [-0.4, -0.2) is 82.5 Å². The second-order valence-electron chi connectivity index (χ2n) is 11.1. The van der Waals surface area contributed by atoms with E-state index in [2.05, 4.69) is 20.6 Å². The monoisotopic (exact) mass is 621 g/mol. The predicted octanol–water partition coefficient (Wildman–Crippen LogP) is 4.42. The molecule has 2 aromatic heterocycles. The molecule has 3 heterocycles. The first-order valence-corrected chi connectivity index (χ1v) is 14.6. The number of likely N-dealkylation sites (tertiary alicyclic amines) is 1. The first kappa shape index (κ1) is 31.8. The number of nitrogens with one attached hydrogen (secondary N) is 2. The number of carbonyl (C=O) groups is 2. The predicted molar refractivity (Wildman–Crippen MR) is 164 cm³/mol. The van der Waals surface area contributed by atoms with Crippen molar-refractivity contribution < 1.29 is 27.8 Å². The van der Waals surface area contributed by atoms with Gasteiger partial charge in [0.1, 0.15) is 11.5 Å². The molecule has 45 heavy (non-hydrogen) atoms. The third-order valence-electron chi connectivity index (χ3n) is 8.15. The van der Waals surface area contributed by atoms with Crippen LogP contribution >= 0.6 is 0 Å². The van der Waals surface area contributed by atoms with Crippen LogP contribution in [0.3, 0.4) is 0 Å². The maximum absolute atomic E-state index is 14.4. The molecule has 3 atom stereocenters. The van der Waals surface area contributed by atoms with E-state index in [1.807, 2.05) is 50.5 Å². The van der Waals surface area contributed by atoms with E-state index < -0.39 is 23.7 Å². The van der Waals surface area contributed by atoms with Crippen molar-refractivity contribution in [2.45, 2.75) is 37.8 Å². The normalized spacial score (nSPS) is 17.3. The zero-order valence-corrected chi connectivity index (χ0v) is 25.7. The summed E-state index contributed by atoms with van der Waals surface area (Å²) >= 11 is 0. The molecule has 11 nitrogen and oxygen atoms in total. The van der Waals surface area contributed by atoms with Gasteiger partial charge in [0, 0.05) is 63.0 Å². The average molecular weight is 622 g/mol. The van der Waals surface area contributed by atoms with Gasteiger partial charge in [0.25, 0.3) is 0 Å². The number of nitrogens with zero attached hydrogens (tertiary/aromatic N) is 5. The van der Waals surface area contributed by atoms with Crippen LogP contribution in [0.15, 0.2) is 60.9 Å². The van der Waals surface area contributed by atoms with Gasteiger partial charge in [0.05, 0.1) is 31.6 Å². The summed E-state index contributed by atoms with van der Waals surface area (Å²) in [5, 5.41) is 15.1. The number of aromatic nitrogens is 4. The van der Waals surface area contributed by atoms with Crippen LogP contribution in [-0.2, 0) is 21.3 Å². The SMILES string of the molecule is COCC(CCC(=O)OC)N1C[C@@H](NC(=O)Nc2c(C)c(-c3cnn(C)c3)nn2-c2ccccc2)[C@H](c2ccc(F)c(F)c2)C1. The Morgan fingerprint density at radius 2 is 1.87 bits per heavy atom. The summed E-state index contributed by atoms with van der Waals surface area (Å²) in [5.74, 6) is -2.13. The van der Waals surface area contributed by atoms with Gasteiger partial charge < -0.3 is 14.8 Å². The van der Waals surface area contributed by atoms with E-state index in [0.717, 1.165) is 22.9 Å². The minimum atomic E-state index is -0.960. The molecule has 13 heteroatoms. The number of amides is 2. The molecule has 1 unspecified atom stereocenters. The molecule has 1 aliphatic heterocycles. The number of rotatable bonds is 11. The van der Waals surface area contributed by atoms with Crippen LogP contribution < -0.4 is 10.6 Å². The fourth-order valence-corrected chi connectivity index (χ4v) is 5.84. The van der Waals surface area contributed by atoms with E-state index in [1.165, 1.54) is 19.2 Å². The lowest BCUT2D eigenvalue weighted by Gasteiger charge is -2.27. The van der Waals surface area contributed by atoms with Crippen molar-refractivity contribution in [3.8, 4) is 16.9 Å². The molecule has 1 fully saturated rings. The highest BCUT2D eigenvalue weighted by Crippen LogP contribution is 2.33. The lowest BCUT2D eigenvalue weighted by molar-refractivity contribution is -0.141. The highest BCUT2D eigenvalue weighted by Gasteiger charge is 2.38. The second kappa shape index (κ2) is 14.0. The Labute approximate surface area is 260 Å². The Morgan fingerprint density at radius 1 is 1.09 bits per heavy atom. The molecule has 0 spiro atoms. The summed E-state index contributed by atoms with van der Waals surface area (Å²) in [6.07, 6.45) is 4.23. The molecule has 1 aliphatic rings. The van der Waals surface area contributed by atoms with Crippen molar-refractivity contribution in [2.75, 3.05) is 39.2 Å². The Kier molecular flexibility index (Phi) is 9.89. The molecule has 0 saturated carbocycles. The van der Waals surface area contributed by atoms with Crippen molar-refractivity contribution in [3.05, 3.63) is 83.7 Å². The maximum Gasteiger partial charge on any atom is 0.320 e. The number of carbonyl (C=O) groups excluding carboxylic acids is 2. The van der Waals surface area contributed by atoms with Gasteiger partial charge >= 0.3 is 12.0 Å². The summed E-state index contributed by atoms with van der Waals surface area (Å²) in [7, 11) is 4.74. The van der Waals surface area contributed by atoms with E-state index in [0.29, 0.717) is 43.2 Å². The molecular formula is C32H37F2N7O4. The Morgan fingerprint density at radius 3 is 2.53 bits per heavy atom. The molecule has 5 rings (SSSR count). The minimum absolute atomic E-state index is 0.166. The summed E-state index contributed by atoms with van der Waals surface area (Å²) < 4.78 is 41.8. The number of hydrogen-bond acceptors (Lipinski definition) is 7. The number of halogens is 2. The average Bonchev–Trinajstić information content (AvgIpc) is 3.74. The number of hydrogen-bond donors (Lipinski definition) is 2. The molecule has 2 amide bonds.